The standard InChI is InChI=1S/C22H26N2O2/c1-23-14-15-24(16-18-6-2-5-9-21(18)23)22(25)17-10-12-20(13-11-17)26-19-7-3-4-8-19/h2,5-6,9-13,19H,3-4,7-8,14-16H2,1H3. The average molecular weight is 350 g/mol. The third kappa shape index (κ3) is 3.55. The van der Waals surface area contributed by atoms with Crippen molar-refractivity contribution in [1.82, 2.24) is 4.90 Å². The van der Waals surface area contributed by atoms with E-state index < -0.39 is 0 Å². The molecule has 1 fully saturated rings. The number of amides is 1. The summed E-state index contributed by atoms with van der Waals surface area (Å²) in [6.45, 7) is 2.22. The van der Waals surface area contributed by atoms with Crippen molar-refractivity contribution in [3.8, 4) is 5.75 Å². The third-order valence-electron chi connectivity index (χ3n) is 5.46. The topological polar surface area (TPSA) is 32.8 Å². The molecule has 0 radical (unpaired) electrons. The van der Waals surface area contributed by atoms with Gasteiger partial charge in [0.1, 0.15) is 5.75 Å². The number of fused-ring (bicyclic) bond motifs is 1. The summed E-state index contributed by atoms with van der Waals surface area (Å²) in [6.07, 6.45) is 5.13. The number of carbonyl (C=O) groups excluding carboxylic acids is 1. The highest BCUT2D eigenvalue weighted by Gasteiger charge is 2.22. The second kappa shape index (κ2) is 7.40. The van der Waals surface area contributed by atoms with Crippen LogP contribution in [-0.4, -0.2) is 37.0 Å². The van der Waals surface area contributed by atoms with Gasteiger partial charge in [-0.15, -0.1) is 0 Å². The van der Waals surface area contributed by atoms with Crippen molar-refractivity contribution in [2.75, 3.05) is 25.0 Å². The van der Waals surface area contributed by atoms with Crippen LogP contribution in [-0.2, 0) is 6.54 Å². The first-order chi connectivity index (χ1) is 12.7. The number of likely N-dealkylation sites (N-methyl/N-ethyl adjacent to an activating group) is 1. The van der Waals surface area contributed by atoms with Gasteiger partial charge in [-0.05, 0) is 61.6 Å². The molecule has 4 rings (SSSR count). The van der Waals surface area contributed by atoms with E-state index in [1.54, 1.807) is 0 Å². The fraction of sp³-hybridized carbons (Fsp3) is 0.409. The SMILES string of the molecule is CN1CCN(C(=O)c2ccc(OC3CCCC3)cc2)Cc2ccccc21. The van der Waals surface area contributed by atoms with Crippen LogP contribution in [0, 0.1) is 0 Å². The van der Waals surface area contributed by atoms with Crippen LogP contribution < -0.4 is 9.64 Å². The average Bonchev–Trinajstić information content (AvgIpc) is 3.12. The van der Waals surface area contributed by atoms with Gasteiger partial charge in [0.2, 0.25) is 0 Å². The van der Waals surface area contributed by atoms with E-state index in [9.17, 15) is 4.79 Å². The van der Waals surface area contributed by atoms with Crippen LogP contribution in [0.25, 0.3) is 0 Å². The van der Waals surface area contributed by atoms with E-state index in [1.807, 2.05) is 35.2 Å². The Morgan fingerprint density at radius 2 is 1.73 bits per heavy atom. The van der Waals surface area contributed by atoms with Crippen LogP contribution in [0.2, 0.25) is 0 Å². The van der Waals surface area contributed by atoms with Crippen molar-refractivity contribution in [2.45, 2.75) is 38.3 Å². The lowest BCUT2D eigenvalue weighted by molar-refractivity contribution is 0.0751. The Bertz CT molecular complexity index is 766. The fourth-order valence-corrected chi connectivity index (χ4v) is 3.92. The number of hydrogen-bond acceptors (Lipinski definition) is 3. The Morgan fingerprint density at radius 1 is 1.00 bits per heavy atom. The summed E-state index contributed by atoms with van der Waals surface area (Å²) in [5.74, 6) is 0.955. The van der Waals surface area contributed by atoms with Crippen molar-refractivity contribution < 1.29 is 9.53 Å². The summed E-state index contributed by atoms with van der Waals surface area (Å²) in [6, 6.07) is 16.0. The lowest BCUT2D eigenvalue weighted by Crippen LogP contribution is -2.34. The Kier molecular flexibility index (Phi) is 4.83. The van der Waals surface area contributed by atoms with E-state index in [2.05, 4.69) is 30.1 Å². The molecule has 2 aliphatic rings. The molecule has 0 atom stereocenters. The summed E-state index contributed by atoms with van der Waals surface area (Å²) in [7, 11) is 2.09. The smallest absolute Gasteiger partial charge is 0.254 e. The van der Waals surface area contributed by atoms with Crippen molar-refractivity contribution in [3.63, 3.8) is 0 Å². The summed E-state index contributed by atoms with van der Waals surface area (Å²) in [5.41, 5.74) is 3.14. The van der Waals surface area contributed by atoms with E-state index in [0.717, 1.165) is 37.2 Å². The van der Waals surface area contributed by atoms with Crippen LogP contribution in [0.4, 0.5) is 5.69 Å². The maximum atomic E-state index is 13.0. The third-order valence-corrected chi connectivity index (χ3v) is 5.46. The first kappa shape index (κ1) is 17.0. The lowest BCUT2D eigenvalue weighted by Gasteiger charge is -2.21. The highest BCUT2D eigenvalue weighted by Crippen LogP contribution is 2.26. The van der Waals surface area contributed by atoms with Crippen LogP contribution in [0.1, 0.15) is 41.6 Å². The minimum Gasteiger partial charge on any atom is -0.490 e. The largest absolute Gasteiger partial charge is 0.490 e. The molecule has 4 heteroatoms. The summed E-state index contributed by atoms with van der Waals surface area (Å²) in [5, 5.41) is 0. The molecule has 2 aromatic carbocycles. The number of rotatable bonds is 3. The summed E-state index contributed by atoms with van der Waals surface area (Å²) >= 11 is 0. The maximum Gasteiger partial charge on any atom is 0.254 e. The van der Waals surface area contributed by atoms with Crippen LogP contribution >= 0.6 is 0 Å². The molecule has 1 amide bonds. The number of anilines is 1. The second-order valence-corrected chi connectivity index (χ2v) is 7.33. The van der Waals surface area contributed by atoms with Gasteiger partial charge in [0, 0.05) is 37.9 Å². The molecule has 0 spiro atoms. The normalized spacial score (nSPS) is 17.7. The van der Waals surface area contributed by atoms with Gasteiger partial charge < -0.3 is 14.5 Å². The van der Waals surface area contributed by atoms with E-state index >= 15 is 0 Å². The number of hydrogen-bond donors (Lipinski definition) is 0. The molecule has 26 heavy (non-hydrogen) atoms. The number of ether oxygens (including phenoxy) is 1. The van der Waals surface area contributed by atoms with Crippen LogP contribution in [0.3, 0.4) is 0 Å². The van der Waals surface area contributed by atoms with Gasteiger partial charge in [-0.25, -0.2) is 0 Å². The fourth-order valence-electron chi connectivity index (χ4n) is 3.92. The molecule has 1 aliphatic heterocycles. The van der Waals surface area contributed by atoms with E-state index in [-0.39, 0.29) is 5.91 Å². The highest BCUT2D eigenvalue weighted by atomic mass is 16.5. The van der Waals surface area contributed by atoms with Crippen molar-refractivity contribution in [1.29, 1.82) is 0 Å². The van der Waals surface area contributed by atoms with Gasteiger partial charge in [0.15, 0.2) is 0 Å². The van der Waals surface area contributed by atoms with Gasteiger partial charge in [-0.3, -0.25) is 4.79 Å². The van der Waals surface area contributed by atoms with Gasteiger partial charge in [-0.1, -0.05) is 18.2 Å². The van der Waals surface area contributed by atoms with E-state index in [0.29, 0.717) is 12.6 Å². The molecule has 1 saturated carbocycles. The molecule has 0 saturated heterocycles. The number of carbonyl (C=O) groups is 1. The zero-order chi connectivity index (χ0) is 17.9. The zero-order valence-corrected chi connectivity index (χ0v) is 15.4. The highest BCUT2D eigenvalue weighted by molar-refractivity contribution is 5.94. The monoisotopic (exact) mass is 350 g/mol. The Morgan fingerprint density at radius 3 is 2.50 bits per heavy atom. The molecule has 1 aliphatic carbocycles. The van der Waals surface area contributed by atoms with Crippen molar-refractivity contribution in [3.05, 3.63) is 59.7 Å². The predicted molar refractivity (Wildman–Crippen MR) is 104 cm³/mol. The van der Waals surface area contributed by atoms with Gasteiger partial charge in [-0.2, -0.15) is 0 Å². The predicted octanol–water partition coefficient (Wildman–Crippen LogP) is 4.10. The molecular formula is C22H26N2O2. The number of benzene rings is 2. The molecule has 0 unspecified atom stereocenters. The zero-order valence-electron chi connectivity index (χ0n) is 15.4. The lowest BCUT2D eigenvalue weighted by atomic mass is 10.1. The van der Waals surface area contributed by atoms with Crippen LogP contribution in [0.5, 0.6) is 5.75 Å². The quantitative estimate of drug-likeness (QED) is 0.835. The van der Waals surface area contributed by atoms with E-state index in [1.165, 1.54) is 24.1 Å². The molecule has 2 aromatic rings. The molecular weight excluding hydrogens is 324 g/mol. The minimum atomic E-state index is 0.0857. The maximum absolute atomic E-state index is 13.0. The summed E-state index contributed by atoms with van der Waals surface area (Å²) in [4.78, 5) is 17.2. The Labute approximate surface area is 155 Å². The minimum absolute atomic E-state index is 0.0857. The second-order valence-electron chi connectivity index (χ2n) is 7.33. The Balaban J connectivity index is 1.47. The molecule has 0 N–H and O–H groups in total. The first-order valence-corrected chi connectivity index (χ1v) is 9.56. The molecule has 0 aromatic heterocycles. The summed E-state index contributed by atoms with van der Waals surface area (Å²) < 4.78 is 6.00. The van der Waals surface area contributed by atoms with Crippen molar-refractivity contribution in [2.24, 2.45) is 0 Å². The molecule has 136 valence electrons. The number of nitrogens with zero attached hydrogens (tertiary/aromatic N) is 2. The van der Waals surface area contributed by atoms with Gasteiger partial charge in [0.25, 0.3) is 5.91 Å². The molecule has 0 bridgehead atoms. The Hall–Kier alpha value is -2.49. The molecule has 4 nitrogen and oxygen atoms in total. The molecule has 1 heterocycles. The van der Waals surface area contributed by atoms with Crippen LogP contribution in [0.15, 0.2) is 48.5 Å². The van der Waals surface area contributed by atoms with Gasteiger partial charge >= 0.3 is 0 Å². The van der Waals surface area contributed by atoms with Crippen molar-refractivity contribution >= 4 is 11.6 Å². The van der Waals surface area contributed by atoms with E-state index in [4.69, 9.17) is 4.74 Å². The first-order valence-electron chi connectivity index (χ1n) is 9.56. The van der Waals surface area contributed by atoms with Gasteiger partial charge in [0.05, 0.1) is 6.10 Å². The number of para-hydroxylation sites is 1.